The van der Waals surface area contributed by atoms with Crippen LogP contribution in [0.3, 0.4) is 0 Å². The molecule has 0 unspecified atom stereocenters. The summed E-state index contributed by atoms with van der Waals surface area (Å²) in [4.78, 5) is 22.7. The van der Waals surface area contributed by atoms with E-state index in [0.717, 1.165) is 0 Å². The highest BCUT2D eigenvalue weighted by Crippen LogP contribution is 2.23. The van der Waals surface area contributed by atoms with Crippen LogP contribution in [0, 0.1) is 10.1 Å². The summed E-state index contributed by atoms with van der Waals surface area (Å²) in [6.45, 7) is 0. The van der Waals surface area contributed by atoms with Gasteiger partial charge in [0.2, 0.25) is 0 Å². The Morgan fingerprint density at radius 2 is 2.05 bits per heavy atom. The number of nitrogens with zero attached hydrogens (tertiary/aromatic N) is 1. The van der Waals surface area contributed by atoms with Crippen LogP contribution < -0.4 is 10.6 Å². The lowest BCUT2D eigenvalue weighted by Crippen LogP contribution is -2.39. The van der Waals surface area contributed by atoms with E-state index in [0.29, 0.717) is 30.0 Å². The van der Waals surface area contributed by atoms with Gasteiger partial charge in [0.1, 0.15) is 5.56 Å². The van der Waals surface area contributed by atoms with Crippen molar-refractivity contribution in [2.45, 2.75) is 18.9 Å². The average Bonchev–Trinajstić information content (AvgIpc) is 2.48. The lowest BCUT2D eigenvalue weighted by atomic mass is 10.1. The molecule has 0 aromatic heterocycles. The van der Waals surface area contributed by atoms with Gasteiger partial charge >= 0.3 is 0 Å². The molecule has 0 radical (unpaired) electrons. The fourth-order valence-corrected chi connectivity index (χ4v) is 3.53. The van der Waals surface area contributed by atoms with Gasteiger partial charge in [-0.15, -0.1) is 0 Å². The summed E-state index contributed by atoms with van der Waals surface area (Å²) in [7, 11) is 0.873. The third-order valence-electron chi connectivity index (χ3n) is 3.45. The maximum Gasteiger partial charge on any atom is 0.282 e. The van der Waals surface area contributed by atoms with E-state index in [1.807, 2.05) is 0 Å². The van der Waals surface area contributed by atoms with E-state index in [1.54, 1.807) is 13.1 Å². The number of benzene rings is 1. The Kier molecular flexibility index (Phi) is 4.89. The van der Waals surface area contributed by atoms with Crippen LogP contribution in [0.15, 0.2) is 18.2 Å². The Morgan fingerprint density at radius 3 is 2.62 bits per heavy atom. The fraction of sp³-hybridized carbons (Fsp3) is 0.462. The lowest BCUT2D eigenvalue weighted by Gasteiger charge is -2.22. The largest absolute Gasteiger partial charge is 0.388 e. The quantitative estimate of drug-likeness (QED) is 0.644. The minimum atomic E-state index is -0.807. The SMILES string of the molecule is CNc1ccc([N+](=O)[O-])c(C(=O)NC2CCS(=O)CC2)c1. The lowest BCUT2D eigenvalue weighted by molar-refractivity contribution is -0.385. The van der Waals surface area contributed by atoms with Crippen LogP contribution in [-0.4, -0.2) is 39.6 Å². The molecular formula is C13H17N3O4S. The van der Waals surface area contributed by atoms with Crippen molar-refractivity contribution in [3.8, 4) is 0 Å². The molecule has 114 valence electrons. The summed E-state index contributed by atoms with van der Waals surface area (Å²) >= 11 is 0. The predicted molar refractivity (Wildman–Crippen MR) is 81.0 cm³/mol. The van der Waals surface area contributed by atoms with Crippen LogP contribution in [-0.2, 0) is 10.8 Å². The van der Waals surface area contributed by atoms with Gasteiger partial charge < -0.3 is 10.6 Å². The number of hydrogen-bond acceptors (Lipinski definition) is 5. The molecule has 1 fully saturated rings. The normalized spacial score (nSPS) is 21.6. The van der Waals surface area contributed by atoms with Gasteiger partial charge in [-0.1, -0.05) is 0 Å². The Labute approximate surface area is 124 Å². The van der Waals surface area contributed by atoms with Crippen LogP contribution in [0.4, 0.5) is 11.4 Å². The molecule has 8 heteroatoms. The molecule has 1 saturated heterocycles. The number of hydrogen-bond donors (Lipinski definition) is 2. The highest BCUT2D eigenvalue weighted by molar-refractivity contribution is 7.85. The monoisotopic (exact) mass is 311 g/mol. The molecule has 21 heavy (non-hydrogen) atoms. The summed E-state index contributed by atoms with van der Waals surface area (Å²) in [6, 6.07) is 4.26. The number of nitro benzene ring substituents is 1. The van der Waals surface area contributed by atoms with Crippen molar-refractivity contribution in [2.24, 2.45) is 0 Å². The highest BCUT2D eigenvalue weighted by atomic mass is 32.2. The van der Waals surface area contributed by atoms with Crippen molar-refractivity contribution in [3.05, 3.63) is 33.9 Å². The molecular weight excluding hydrogens is 294 g/mol. The molecule has 1 heterocycles. The van der Waals surface area contributed by atoms with Gasteiger partial charge in [0.25, 0.3) is 11.6 Å². The van der Waals surface area contributed by atoms with Gasteiger partial charge in [-0.2, -0.15) is 0 Å². The van der Waals surface area contributed by atoms with Crippen molar-refractivity contribution < 1.29 is 13.9 Å². The fourth-order valence-electron chi connectivity index (χ4n) is 2.23. The topological polar surface area (TPSA) is 101 Å². The Morgan fingerprint density at radius 1 is 1.38 bits per heavy atom. The zero-order valence-corrected chi connectivity index (χ0v) is 12.4. The third-order valence-corrected chi connectivity index (χ3v) is 4.83. The summed E-state index contributed by atoms with van der Waals surface area (Å²) in [5, 5.41) is 16.7. The molecule has 0 atom stereocenters. The molecule has 2 rings (SSSR count). The van der Waals surface area contributed by atoms with Crippen molar-refractivity contribution in [1.82, 2.24) is 5.32 Å². The summed E-state index contributed by atoms with van der Waals surface area (Å²) < 4.78 is 11.3. The highest BCUT2D eigenvalue weighted by Gasteiger charge is 2.25. The molecule has 1 aromatic carbocycles. The zero-order valence-electron chi connectivity index (χ0n) is 11.6. The first kappa shape index (κ1) is 15.4. The Hall–Kier alpha value is -1.96. The first-order chi connectivity index (χ1) is 10.0. The number of carbonyl (C=O) groups is 1. The van der Waals surface area contributed by atoms with Crippen LogP contribution in [0.1, 0.15) is 23.2 Å². The summed E-state index contributed by atoms with van der Waals surface area (Å²) in [5.74, 6) is 0.657. The van der Waals surface area contributed by atoms with Crippen molar-refractivity contribution >= 4 is 28.1 Å². The molecule has 1 amide bonds. The first-order valence-electron chi connectivity index (χ1n) is 6.63. The van der Waals surface area contributed by atoms with Gasteiger partial charge in [0.15, 0.2) is 0 Å². The zero-order chi connectivity index (χ0) is 15.4. The Balaban J connectivity index is 2.17. The number of rotatable bonds is 4. The molecule has 1 aliphatic heterocycles. The van der Waals surface area contributed by atoms with Crippen LogP contribution >= 0.6 is 0 Å². The van der Waals surface area contributed by atoms with Crippen molar-refractivity contribution in [2.75, 3.05) is 23.9 Å². The van der Waals surface area contributed by atoms with Gasteiger partial charge in [-0.25, -0.2) is 0 Å². The second kappa shape index (κ2) is 6.66. The first-order valence-corrected chi connectivity index (χ1v) is 8.12. The average molecular weight is 311 g/mol. The van der Waals surface area contributed by atoms with E-state index >= 15 is 0 Å². The van der Waals surface area contributed by atoms with Gasteiger partial charge in [-0.3, -0.25) is 19.1 Å². The van der Waals surface area contributed by atoms with Crippen molar-refractivity contribution in [1.29, 1.82) is 0 Å². The van der Waals surface area contributed by atoms with Gasteiger partial charge in [-0.05, 0) is 25.0 Å². The Bertz CT molecular complexity index is 581. The van der Waals surface area contributed by atoms with Crippen LogP contribution in [0.5, 0.6) is 0 Å². The van der Waals surface area contributed by atoms with Crippen LogP contribution in [0.25, 0.3) is 0 Å². The number of nitrogens with one attached hydrogen (secondary N) is 2. The van der Waals surface area contributed by atoms with E-state index in [2.05, 4.69) is 10.6 Å². The summed E-state index contributed by atoms with van der Waals surface area (Å²) in [6.07, 6.45) is 1.27. The van der Waals surface area contributed by atoms with E-state index in [9.17, 15) is 19.1 Å². The molecule has 0 spiro atoms. The number of anilines is 1. The van der Waals surface area contributed by atoms with Crippen LogP contribution in [0.2, 0.25) is 0 Å². The van der Waals surface area contributed by atoms with Crippen molar-refractivity contribution in [3.63, 3.8) is 0 Å². The maximum atomic E-state index is 12.3. The number of nitro groups is 1. The second-order valence-electron chi connectivity index (χ2n) is 4.83. The number of amides is 1. The van der Waals surface area contributed by atoms with E-state index in [-0.39, 0.29) is 17.3 Å². The molecule has 0 aliphatic carbocycles. The second-order valence-corrected chi connectivity index (χ2v) is 6.53. The maximum absolute atomic E-state index is 12.3. The molecule has 0 saturated carbocycles. The molecule has 1 aliphatic rings. The smallest absolute Gasteiger partial charge is 0.282 e. The van der Waals surface area contributed by atoms with E-state index in [1.165, 1.54) is 12.1 Å². The standard InChI is InChI=1S/C13H17N3O4S/c1-14-10-2-3-12(16(18)19)11(8-10)13(17)15-9-4-6-21(20)7-5-9/h2-3,8-9,14H,4-7H2,1H3,(H,15,17). The minimum absolute atomic E-state index is 0.0403. The van der Waals surface area contributed by atoms with Gasteiger partial charge in [0.05, 0.1) is 4.92 Å². The van der Waals surface area contributed by atoms with E-state index < -0.39 is 21.6 Å². The third kappa shape index (κ3) is 3.78. The summed E-state index contributed by atoms with van der Waals surface area (Å²) in [5.41, 5.74) is 0.458. The number of carbonyl (C=O) groups excluding carboxylic acids is 1. The molecule has 2 N–H and O–H groups in total. The molecule has 1 aromatic rings. The van der Waals surface area contributed by atoms with E-state index in [4.69, 9.17) is 0 Å². The predicted octanol–water partition coefficient (Wildman–Crippen LogP) is 1.28. The minimum Gasteiger partial charge on any atom is -0.388 e. The molecule has 0 bridgehead atoms. The van der Waals surface area contributed by atoms with Gasteiger partial charge in [0, 0.05) is 47.1 Å². The molecule has 7 nitrogen and oxygen atoms in total.